The third-order valence-corrected chi connectivity index (χ3v) is 5.93. The van der Waals surface area contributed by atoms with E-state index in [9.17, 15) is 14.4 Å². The summed E-state index contributed by atoms with van der Waals surface area (Å²) in [6.45, 7) is 7.29. The van der Waals surface area contributed by atoms with Crippen LogP contribution in [0.3, 0.4) is 0 Å². The number of hydrogen-bond acceptors (Lipinski definition) is 6. The number of H-pyrrole nitrogens is 1. The highest BCUT2D eigenvalue weighted by Gasteiger charge is 2.25. The highest BCUT2D eigenvalue weighted by atomic mass is 16.5. The molecule has 1 amide bonds. The molecule has 1 aromatic heterocycles. The molecule has 0 aliphatic rings. The minimum atomic E-state index is -0.723. The van der Waals surface area contributed by atoms with Gasteiger partial charge in [-0.05, 0) is 36.3 Å². The van der Waals surface area contributed by atoms with Crippen molar-refractivity contribution in [3.05, 3.63) is 92.1 Å². The molecular weight excluding hydrogens is 446 g/mol. The van der Waals surface area contributed by atoms with E-state index >= 15 is 0 Å². The highest BCUT2D eigenvalue weighted by Crippen LogP contribution is 2.21. The monoisotopic (exact) mass is 479 g/mol. The van der Waals surface area contributed by atoms with Crippen LogP contribution >= 0.6 is 0 Å². The zero-order chi connectivity index (χ0) is 25.4. The first kappa shape index (κ1) is 25.9. The van der Waals surface area contributed by atoms with Crippen LogP contribution in [0.5, 0.6) is 0 Å². The smallest absolute Gasteiger partial charge is 0.330 e. The van der Waals surface area contributed by atoms with Crippen molar-refractivity contribution in [2.24, 2.45) is 0 Å². The molecule has 0 aliphatic heterocycles. The van der Waals surface area contributed by atoms with E-state index in [0.717, 1.165) is 30.8 Å². The van der Waals surface area contributed by atoms with Crippen LogP contribution in [0.25, 0.3) is 0 Å². The van der Waals surface area contributed by atoms with Gasteiger partial charge in [0, 0.05) is 25.8 Å². The highest BCUT2D eigenvalue weighted by molar-refractivity contribution is 6.07. The molecule has 0 spiro atoms. The lowest BCUT2D eigenvalue weighted by atomic mass is 10.1. The number of aromatic amines is 1. The minimum absolute atomic E-state index is 0.0743. The number of nitrogen functional groups attached to an aromatic ring is 1. The molecule has 0 radical (unpaired) electrons. The number of ether oxygens (including phenoxy) is 1. The summed E-state index contributed by atoms with van der Waals surface area (Å²) in [7, 11) is 1.51. The molecule has 3 rings (SSSR count). The number of methoxy groups -OCH3 is 1. The fourth-order valence-corrected chi connectivity index (χ4v) is 3.87. The second kappa shape index (κ2) is 12.1. The molecule has 0 saturated carbocycles. The molecule has 186 valence electrons. The van der Waals surface area contributed by atoms with Gasteiger partial charge >= 0.3 is 5.69 Å². The Hall–Kier alpha value is -3.69. The van der Waals surface area contributed by atoms with Crippen LogP contribution in [0.1, 0.15) is 35.3 Å². The number of nitrogens with zero attached hydrogens (tertiary/aromatic N) is 3. The Morgan fingerprint density at radius 3 is 2.26 bits per heavy atom. The van der Waals surface area contributed by atoms with E-state index in [1.807, 2.05) is 42.5 Å². The van der Waals surface area contributed by atoms with Gasteiger partial charge in [0.1, 0.15) is 5.82 Å². The van der Waals surface area contributed by atoms with Gasteiger partial charge in [-0.15, -0.1) is 0 Å². The minimum Gasteiger partial charge on any atom is -0.383 e. The van der Waals surface area contributed by atoms with Crippen LogP contribution in [0.4, 0.5) is 11.5 Å². The Morgan fingerprint density at radius 2 is 1.66 bits per heavy atom. The third-order valence-electron chi connectivity index (χ3n) is 5.93. The Labute approximate surface area is 204 Å². The summed E-state index contributed by atoms with van der Waals surface area (Å²) >= 11 is 0. The average Bonchev–Trinajstić information content (AvgIpc) is 2.87. The van der Waals surface area contributed by atoms with Crippen molar-refractivity contribution in [3.8, 4) is 0 Å². The molecule has 0 atom stereocenters. The molecule has 0 saturated heterocycles. The number of hydrogen-bond donors (Lipinski definition) is 2. The van der Waals surface area contributed by atoms with Gasteiger partial charge < -0.3 is 10.5 Å². The van der Waals surface area contributed by atoms with Crippen molar-refractivity contribution in [2.75, 3.05) is 44.0 Å². The molecule has 0 unspecified atom stereocenters. The number of nitrogens with two attached hydrogens (primary N) is 1. The molecule has 35 heavy (non-hydrogen) atoms. The zero-order valence-electron chi connectivity index (χ0n) is 20.5. The largest absolute Gasteiger partial charge is 0.383 e. The summed E-state index contributed by atoms with van der Waals surface area (Å²) in [6.07, 6.45) is 0. The van der Waals surface area contributed by atoms with Gasteiger partial charge in [0.2, 0.25) is 0 Å². The molecule has 0 fully saturated rings. The zero-order valence-corrected chi connectivity index (χ0v) is 20.5. The predicted octanol–water partition coefficient (Wildman–Crippen LogP) is 2.30. The van der Waals surface area contributed by atoms with E-state index < -0.39 is 17.2 Å². The number of amides is 1. The standard InChI is InChI=1S/C26H33N5O4/c1-4-29(5-2)17-20-11-13-21(14-12-20)25(33)30(15-16-35-3)22-23(27)31(26(34)28-24(22)32)18-19-9-7-6-8-10-19/h6-14H,4-5,15-18,27H2,1-3H3,(H,28,32,34). The van der Waals surface area contributed by atoms with Gasteiger partial charge in [-0.25, -0.2) is 4.79 Å². The summed E-state index contributed by atoms with van der Waals surface area (Å²) in [5, 5.41) is 0. The molecule has 3 N–H and O–H groups in total. The molecular formula is C26H33N5O4. The van der Waals surface area contributed by atoms with Crippen molar-refractivity contribution in [3.63, 3.8) is 0 Å². The number of anilines is 2. The van der Waals surface area contributed by atoms with E-state index in [0.29, 0.717) is 5.56 Å². The summed E-state index contributed by atoms with van der Waals surface area (Å²) in [6, 6.07) is 16.6. The number of aromatic nitrogens is 2. The van der Waals surface area contributed by atoms with E-state index in [2.05, 4.69) is 23.7 Å². The van der Waals surface area contributed by atoms with Gasteiger partial charge in [-0.3, -0.25) is 28.9 Å². The lowest BCUT2D eigenvalue weighted by Gasteiger charge is -2.24. The maximum atomic E-state index is 13.5. The number of carbonyl (C=O) groups excluding carboxylic acids is 1. The van der Waals surface area contributed by atoms with Crippen LogP contribution in [0.15, 0.2) is 64.2 Å². The van der Waals surface area contributed by atoms with Crippen LogP contribution in [0, 0.1) is 0 Å². The number of benzene rings is 2. The van der Waals surface area contributed by atoms with Gasteiger partial charge in [0.15, 0.2) is 5.69 Å². The van der Waals surface area contributed by atoms with Gasteiger partial charge in [0.25, 0.3) is 11.5 Å². The normalized spacial score (nSPS) is 11.1. The van der Waals surface area contributed by atoms with Crippen molar-refractivity contribution >= 4 is 17.4 Å². The Bertz CT molecular complexity index is 1230. The van der Waals surface area contributed by atoms with Crippen molar-refractivity contribution in [1.82, 2.24) is 14.5 Å². The molecule has 9 nitrogen and oxygen atoms in total. The molecule has 9 heteroatoms. The predicted molar refractivity (Wildman–Crippen MR) is 138 cm³/mol. The second-order valence-electron chi connectivity index (χ2n) is 8.17. The summed E-state index contributed by atoms with van der Waals surface area (Å²) in [5.74, 6) is -0.483. The van der Waals surface area contributed by atoms with E-state index in [1.165, 1.54) is 16.6 Å². The fraction of sp³-hybridized carbons (Fsp3) is 0.346. The summed E-state index contributed by atoms with van der Waals surface area (Å²) < 4.78 is 6.43. The van der Waals surface area contributed by atoms with E-state index in [1.54, 1.807) is 12.1 Å². The number of nitrogens with one attached hydrogen (secondary N) is 1. The first-order valence-corrected chi connectivity index (χ1v) is 11.7. The first-order chi connectivity index (χ1) is 16.9. The second-order valence-corrected chi connectivity index (χ2v) is 8.17. The third kappa shape index (κ3) is 6.26. The molecule has 0 bridgehead atoms. The fourth-order valence-electron chi connectivity index (χ4n) is 3.87. The first-order valence-electron chi connectivity index (χ1n) is 11.7. The Balaban J connectivity index is 1.98. The van der Waals surface area contributed by atoms with Crippen LogP contribution in [-0.2, 0) is 17.8 Å². The number of rotatable bonds is 11. The summed E-state index contributed by atoms with van der Waals surface area (Å²) in [5.41, 5.74) is 7.22. The summed E-state index contributed by atoms with van der Waals surface area (Å²) in [4.78, 5) is 44.8. The SMILES string of the molecule is CCN(CC)Cc1ccc(C(=O)N(CCOC)c2c(N)n(Cc3ccccc3)c(=O)[nH]c2=O)cc1. The van der Waals surface area contributed by atoms with Gasteiger partial charge in [-0.2, -0.15) is 0 Å². The van der Waals surface area contributed by atoms with Crippen LogP contribution in [-0.4, -0.2) is 53.7 Å². The molecule has 0 aliphatic carbocycles. The van der Waals surface area contributed by atoms with Gasteiger partial charge in [-0.1, -0.05) is 56.3 Å². The number of carbonyl (C=O) groups is 1. The Kier molecular flexibility index (Phi) is 8.99. The van der Waals surface area contributed by atoms with Crippen molar-refractivity contribution in [1.29, 1.82) is 0 Å². The van der Waals surface area contributed by atoms with Crippen LogP contribution < -0.4 is 21.9 Å². The Morgan fingerprint density at radius 1 is 1.00 bits per heavy atom. The lowest BCUT2D eigenvalue weighted by molar-refractivity contribution is 0.0975. The topological polar surface area (TPSA) is 114 Å². The van der Waals surface area contributed by atoms with Gasteiger partial charge in [0.05, 0.1) is 13.2 Å². The van der Waals surface area contributed by atoms with Crippen molar-refractivity contribution in [2.45, 2.75) is 26.9 Å². The maximum absolute atomic E-state index is 13.5. The van der Waals surface area contributed by atoms with E-state index in [4.69, 9.17) is 10.5 Å². The van der Waals surface area contributed by atoms with Crippen LogP contribution in [0.2, 0.25) is 0 Å². The molecule has 2 aromatic carbocycles. The van der Waals surface area contributed by atoms with Crippen molar-refractivity contribution < 1.29 is 9.53 Å². The quantitative estimate of drug-likeness (QED) is 0.436. The van der Waals surface area contributed by atoms with E-state index in [-0.39, 0.29) is 31.2 Å². The lowest BCUT2D eigenvalue weighted by Crippen LogP contribution is -2.42. The molecule has 1 heterocycles. The average molecular weight is 480 g/mol. The maximum Gasteiger partial charge on any atom is 0.330 e. The molecule has 3 aromatic rings.